The molecule has 80 valence electrons. The van der Waals surface area contributed by atoms with E-state index in [0.717, 1.165) is 24.9 Å². The Balaban J connectivity index is 3.73. The lowest BCUT2D eigenvalue weighted by Gasteiger charge is -2.22. The molecule has 3 N–H and O–H groups in total. The summed E-state index contributed by atoms with van der Waals surface area (Å²) >= 11 is 0. The molecule has 0 fully saturated rings. The minimum atomic E-state index is 0.656. The van der Waals surface area contributed by atoms with Crippen molar-refractivity contribution in [1.29, 1.82) is 0 Å². The van der Waals surface area contributed by atoms with E-state index in [1.165, 1.54) is 12.8 Å². The van der Waals surface area contributed by atoms with Crippen LogP contribution < -0.4 is 11.1 Å². The third-order valence-corrected chi connectivity index (χ3v) is 2.09. The first-order valence-electron chi connectivity index (χ1n) is 5.49. The van der Waals surface area contributed by atoms with Crippen LogP contribution in [0.2, 0.25) is 0 Å². The average molecular weight is 186 g/mol. The van der Waals surface area contributed by atoms with Crippen LogP contribution in [0.1, 0.15) is 40.5 Å². The minimum Gasteiger partial charge on any atom is -0.329 e. The molecule has 0 heterocycles. The Hall–Kier alpha value is -0.0800. The molecule has 2 heteroatoms. The highest BCUT2D eigenvalue weighted by Crippen LogP contribution is 2.12. The Morgan fingerprint density at radius 3 is 1.77 bits per heavy atom. The predicted octanol–water partition coefficient (Wildman–Crippen LogP) is 2.00. The van der Waals surface area contributed by atoms with E-state index in [-0.39, 0.29) is 0 Å². The van der Waals surface area contributed by atoms with Gasteiger partial charge in [-0.25, -0.2) is 0 Å². The van der Waals surface area contributed by atoms with Gasteiger partial charge in [0.05, 0.1) is 0 Å². The minimum absolute atomic E-state index is 0.656. The van der Waals surface area contributed by atoms with E-state index >= 15 is 0 Å². The topological polar surface area (TPSA) is 38.0 Å². The van der Waals surface area contributed by atoms with Crippen molar-refractivity contribution in [2.24, 2.45) is 17.6 Å². The smallest absolute Gasteiger partial charge is 0.00770 e. The summed E-state index contributed by atoms with van der Waals surface area (Å²) < 4.78 is 0. The van der Waals surface area contributed by atoms with Gasteiger partial charge in [0.2, 0.25) is 0 Å². The molecule has 0 saturated carbocycles. The van der Waals surface area contributed by atoms with Gasteiger partial charge < -0.3 is 11.1 Å². The van der Waals surface area contributed by atoms with Crippen molar-refractivity contribution in [2.45, 2.75) is 46.6 Å². The monoisotopic (exact) mass is 186 g/mol. The first-order valence-corrected chi connectivity index (χ1v) is 5.49. The Morgan fingerprint density at radius 1 is 1.00 bits per heavy atom. The lowest BCUT2D eigenvalue weighted by Crippen LogP contribution is -2.35. The van der Waals surface area contributed by atoms with Crippen LogP contribution >= 0.6 is 0 Å². The van der Waals surface area contributed by atoms with Gasteiger partial charge in [0, 0.05) is 19.1 Å². The lowest BCUT2D eigenvalue weighted by atomic mass is 9.96. The summed E-state index contributed by atoms with van der Waals surface area (Å²) in [5.41, 5.74) is 5.48. The lowest BCUT2D eigenvalue weighted by molar-refractivity contribution is 0.363. The van der Waals surface area contributed by atoms with E-state index in [0.29, 0.717) is 6.04 Å². The second kappa shape index (κ2) is 7.34. The molecule has 0 radical (unpaired) electrons. The van der Waals surface area contributed by atoms with Crippen molar-refractivity contribution >= 4 is 0 Å². The highest BCUT2D eigenvalue weighted by molar-refractivity contribution is 4.70. The average Bonchev–Trinajstić information content (AvgIpc) is 1.98. The van der Waals surface area contributed by atoms with Crippen LogP contribution in [0.3, 0.4) is 0 Å². The molecule has 0 aromatic rings. The second-order valence-electron chi connectivity index (χ2n) is 4.70. The summed E-state index contributed by atoms with van der Waals surface area (Å²) in [7, 11) is 0. The van der Waals surface area contributed by atoms with E-state index in [2.05, 4.69) is 33.0 Å². The van der Waals surface area contributed by atoms with Crippen LogP contribution in [0.4, 0.5) is 0 Å². The van der Waals surface area contributed by atoms with Crippen molar-refractivity contribution in [2.75, 3.05) is 13.1 Å². The maximum atomic E-state index is 5.48. The van der Waals surface area contributed by atoms with E-state index in [1.54, 1.807) is 0 Å². The molecule has 0 saturated heterocycles. The van der Waals surface area contributed by atoms with Crippen molar-refractivity contribution in [1.82, 2.24) is 5.32 Å². The summed E-state index contributed by atoms with van der Waals surface area (Å²) in [6.07, 6.45) is 2.52. The molecule has 0 unspecified atom stereocenters. The zero-order chi connectivity index (χ0) is 10.3. The fourth-order valence-corrected chi connectivity index (χ4v) is 1.69. The Bertz CT molecular complexity index is 101. The van der Waals surface area contributed by atoms with Gasteiger partial charge in [-0.05, 0) is 24.7 Å². The molecule has 0 bridgehead atoms. The molecule has 0 aliphatic rings. The molecular formula is C11H26N2. The van der Waals surface area contributed by atoms with Crippen LogP contribution in [0.25, 0.3) is 0 Å². The molecule has 0 aromatic heterocycles. The van der Waals surface area contributed by atoms with E-state index in [4.69, 9.17) is 5.73 Å². The van der Waals surface area contributed by atoms with Gasteiger partial charge in [0.1, 0.15) is 0 Å². The van der Waals surface area contributed by atoms with Crippen molar-refractivity contribution in [3.05, 3.63) is 0 Å². The summed E-state index contributed by atoms with van der Waals surface area (Å²) in [5.74, 6) is 1.54. The van der Waals surface area contributed by atoms with Crippen LogP contribution in [0.5, 0.6) is 0 Å². The van der Waals surface area contributed by atoms with Gasteiger partial charge in [-0.15, -0.1) is 0 Å². The van der Waals surface area contributed by atoms with Crippen LogP contribution in [-0.2, 0) is 0 Å². The van der Waals surface area contributed by atoms with Crippen LogP contribution in [-0.4, -0.2) is 19.1 Å². The summed E-state index contributed by atoms with van der Waals surface area (Å²) in [5, 5.41) is 3.51. The van der Waals surface area contributed by atoms with E-state index in [9.17, 15) is 0 Å². The molecule has 0 spiro atoms. The van der Waals surface area contributed by atoms with Gasteiger partial charge in [-0.3, -0.25) is 0 Å². The van der Waals surface area contributed by atoms with Gasteiger partial charge in [-0.2, -0.15) is 0 Å². The molecule has 0 aliphatic carbocycles. The first kappa shape index (κ1) is 12.9. The van der Waals surface area contributed by atoms with E-state index < -0.39 is 0 Å². The van der Waals surface area contributed by atoms with Crippen molar-refractivity contribution in [3.63, 3.8) is 0 Å². The summed E-state index contributed by atoms with van der Waals surface area (Å²) in [6.45, 7) is 10.8. The van der Waals surface area contributed by atoms with Gasteiger partial charge in [0.15, 0.2) is 0 Å². The fourth-order valence-electron chi connectivity index (χ4n) is 1.69. The molecular weight excluding hydrogens is 160 g/mol. The second-order valence-corrected chi connectivity index (χ2v) is 4.70. The van der Waals surface area contributed by atoms with E-state index in [1.807, 2.05) is 0 Å². The van der Waals surface area contributed by atoms with Gasteiger partial charge >= 0.3 is 0 Å². The highest BCUT2D eigenvalue weighted by Gasteiger charge is 2.11. The molecule has 0 rings (SSSR count). The molecule has 0 amide bonds. The maximum Gasteiger partial charge on any atom is 0.00770 e. The molecule has 0 atom stereocenters. The number of nitrogens with one attached hydrogen (secondary N) is 1. The van der Waals surface area contributed by atoms with Gasteiger partial charge in [-0.1, -0.05) is 27.7 Å². The maximum absolute atomic E-state index is 5.48. The Kier molecular flexibility index (Phi) is 7.29. The highest BCUT2D eigenvalue weighted by atomic mass is 14.9. The third-order valence-electron chi connectivity index (χ3n) is 2.09. The SMILES string of the molecule is CC(C)CC(CC(C)C)NCCN. The predicted molar refractivity (Wildman–Crippen MR) is 59.8 cm³/mol. The standard InChI is InChI=1S/C11H26N2/c1-9(2)7-11(8-10(3)4)13-6-5-12/h9-11,13H,5-8,12H2,1-4H3. The molecule has 2 nitrogen and oxygen atoms in total. The number of nitrogens with two attached hydrogens (primary N) is 1. The zero-order valence-corrected chi connectivity index (χ0v) is 9.64. The van der Waals surface area contributed by atoms with Gasteiger partial charge in [0.25, 0.3) is 0 Å². The van der Waals surface area contributed by atoms with Crippen LogP contribution in [0, 0.1) is 11.8 Å². The quantitative estimate of drug-likeness (QED) is 0.638. The van der Waals surface area contributed by atoms with Crippen molar-refractivity contribution < 1.29 is 0 Å². The Morgan fingerprint density at radius 2 is 1.46 bits per heavy atom. The van der Waals surface area contributed by atoms with Crippen molar-refractivity contribution in [3.8, 4) is 0 Å². The Labute approximate surface area is 83.3 Å². The normalized spacial score (nSPS) is 12.0. The zero-order valence-electron chi connectivity index (χ0n) is 9.64. The molecule has 0 aliphatic heterocycles. The summed E-state index contributed by atoms with van der Waals surface area (Å²) in [4.78, 5) is 0. The fraction of sp³-hybridized carbons (Fsp3) is 1.00. The first-order chi connectivity index (χ1) is 6.06. The van der Waals surface area contributed by atoms with Crippen LogP contribution in [0.15, 0.2) is 0 Å². The number of rotatable bonds is 7. The number of hydrogen-bond donors (Lipinski definition) is 2. The number of hydrogen-bond acceptors (Lipinski definition) is 2. The third kappa shape index (κ3) is 8.26. The largest absolute Gasteiger partial charge is 0.329 e. The molecule has 13 heavy (non-hydrogen) atoms. The summed E-state index contributed by atoms with van der Waals surface area (Å²) in [6, 6.07) is 0.656. The molecule has 0 aromatic carbocycles.